The van der Waals surface area contributed by atoms with Crippen molar-refractivity contribution >= 4 is 27.9 Å². The molecule has 2 unspecified atom stereocenters. The van der Waals surface area contributed by atoms with Gasteiger partial charge in [0.1, 0.15) is 17.3 Å². The minimum Gasteiger partial charge on any atom is -0.466 e. The molecule has 1 aromatic heterocycles. The second-order valence-corrected chi connectivity index (χ2v) is 5.38. The second-order valence-electron chi connectivity index (χ2n) is 5.38. The van der Waals surface area contributed by atoms with E-state index in [0.717, 1.165) is 16.4 Å². The summed E-state index contributed by atoms with van der Waals surface area (Å²) in [6, 6.07) is 12.8. The van der Waals surface area contributed by atoms with Crippen LogP contribution in [-0.4, -0.2) is 28.9 Å². The Kier molecular flexibility index (Phi) is 4.32. The molecule has 0 radical (unpaired) electrons. The van der Waals surface area contributed by atoms with E-state index in [2.05, 4.69) is 0 Å². The van der Waals surface area contributed by atoms with Gasteiger partial charge in [-0.25, -0.2) is 0 Å². The van der Waals surface area contributed by atoms with Crippen LogP contribution in [-0.2, 0) is 9.53 Å². The first-order valence-corrected chi connectivity index (χ1v) is 7.53. The highest BCUT2D eigenvalue weighted by Gasteiger charge is 2.23. The van der Waals surface area contributed by atoms with Crippen LogP contribution in [0.15, 0.2) is 46.9 Å². The second kappa shape index (κ2) is 6.40. The fraction of sp³-hybridized carbons (Fsp3) is 0.278. The Bertz CT molecular complexity index is 836. The van der Waals surface area contributed by atoms with E-state index in [1.807, 2.05) is 24.3 Å². The Morgan fingerprint density at radius 1 is 1.13 bits per heavy atom. The number of aliphatic hydroxyl groups excluding tert-OH is 2. The first kappa shape index (κ1) is 15.5. The summed E-state index contributed by atoms with van der Waals surface area (Å²) in [4.78, 5) is 11.4. The van der Waals surface area contributed by atoms with E-state index in [9.17, 15) is 15.0 Å². The van der Waals surface area contributed by atoms with E-state index in [-0.39, 0.29) is 13.0 Å². The number of aliphatic hydroxyl groups is 2. The molecule has 5 heteroatoms. The minimum absolute atomic E-state index is 0.245. The van der Waals surface area contributed by atoms with Gasteiger partial charge in [0.25, 0.3) is 0 Å². The van der Waals surface area contributed by atoms with Gasteiger partial charge in [0, 0.05) is 10.8 Å². The predicted octanol–water partition coefficient (Wildman–Crippen LogP) is 2.93. The molecule has 3 aromatic rings. The molecule has 0 saturated heterocycles. The molecule has 0 saturated carbocycles. The highest BCUT2D eigenvalue weighted by atomic mass is 16.5. The summed E-state index contributed by atoms with van der Waals surface area (Å²) >= 11 is 0. The molecule has 3 rings (SSSR count). The van der Waals surface area contributed by atoms with Crippen molar-refractivity contribution in [2.45, 2.75) is 25.6 Å². The third-order valence-corrected chi connectivity index (χ3v) is 3.79. The van der Waals surface area contributed by atoms with Gasteiger partial charge in [-0.3, -0.25) is 4.79 Å². The molecule has 0 amide bonds. The highest BCUT2D eigenvalue weighted by Crippen LogP contribution is 2.31. The predicted molar refractivity (Wildman–Crippen MR) is 85.9 cm³/mol. The molecule has 5 nitrogen and oxygen atoms in total. The van der Waals surface area contributed by atoms with Crippen molar-refractivity contribution in [1.29, 1.82) is 0 Å². The lowest BCUT2D eigenvalue weighted by Gasteiger charge is -2.17. The average Bonchev–Trinajstić information content (AvgIpc) is 2.92. The van der Waals surface area contributed by atoms with Crippen molar-refractivity contribution in [2.75, 3.05) is 6.61 Å². The van der Waals surface area contributed by atoms with Crippen LogP contribution in [0.3, 0.4) is 0 Å². The maximum absolute atomic E-state index is 11.4. The van der Waals surface area contributed by atoms with Crippen molar-refractivity contribution in [3.63, 3.8) is 0 Å². The molecule has 0 fully saturated rings. The summed E-state index contributed by atoms with van der Waals surface area (Å²) < 4.78 is 10.5. The molecular weight excluding hydrogens is 296 g/mol. The largest absolute Gasteiger partial charge is 0.466 e. The fourth-order valence-corrected chi connectivity index (χ4v) is 2.65. The van der Waals surface area contributed by atoms with E-state index in [4.69, 9.17) is 9.15 Å². The summed E-state index contributed by atoms with van der Waals surface area (Å²) in [6.45, 7) is 1.94. The molecule has 1 heterocycles. The van der Waals surface area contributed by atoms with Gasteiger partial charge in [-0.05, 0) is 30.7 Å². The molecule has 23 heavy (non-hydrogen) atoms. The lowest BCUT2D eigenvalue weighted by molar-refractivity contribution is -0.147. The summed E-state index contributed by atoms with van der Waals surface area (Å²) in [5, 5.41) is 22.1. The Morgan fingerprint density at radius 3 is 2.65 bits per heavy atom. The maximum atomic E-state index is 11.4. The number of esters is 1. The van der Waals surface area contributed by atoms with E-state index in [1.165, 1.54) is 0 Å². The smallest absolute Gasteiger partial charge is 0.308 e. The molecule has 0 bridgehead atoms. The highest BCUT2D eigenvalue weighted by molar-refractivity contribution is 6.05. The van der Waals surface area contributed by atoms with Crippen LogP contribution in [0.2, 0.25) is 0 Å². The normalized spacial score (nSPS) is 14.0. The molecule has 0 aliphatic rings. The van der Waals surface area contributed by atoms with Crippen LogP contribution in [0, 0.1) is 0 Å². The molecule has 2 atom stereocenters. The number of ether oxygens (including phenoxy) is 1. The number of carbonyl (C=O) groups excluding carboxylic acids is 1. The van der Waals surface area contributed by atoms with Gasteiger partial charge in [-0.2, -0.15) is 0 Å². The van der Waals surface area contributed by atoms with Gasteiger partial charge in [-0.1, -0.05) is 24.3 Å². The monoisotopic (exact) mass is 314 g/mol. The number of para-hydroxylation sites is 1. The van der Waals surface area contributed by atoms with Crippen LogP contribution in [0.1, 0.15) is 25.0 Å². The zero-order chi connectivity index (χ0) is 16.4. The number of benzene rings is 2. The van der Waals surface area contributed by atoms with Gasteiger partial charge >= 0.3 is 5.97 Å². The zero-order valence-electron chi connectivity index (χ0n) is 12.7. The summed E-state index contributed by atoms with van der Waals surface area (Å²) in [6.07, 6.45) is -2.64. The Labute approximate surface area is 133 Å². The number of rotatable bonds is 5. The molecule has 2 N–H and O–H groups in total. The Hall–Kier alpha value is -2.37. The first-order chi connectivity index (χ1) is 11.1. The van der Waals surface area contributed by atoms with Gasteiger partial charge in [0.05, 0.1) is 19.1 Å². The lowest BCUT2D eigenvalue weighted by Crippen LogP contribution is -2.23. The van der Waals surface area contributed by atoms with Crippen LogP contribution in [0.25, 0.3) is 21.9 Å². The number of fused-ring (bicyclic) bond motifs is 3. The van der Waals surface area contributed by atoms with Crippen molar-refractivity contribution in [3.8, 4) is 0 Å². The Morgan fingerprint density at radius 2 is 1.87 bits per heavy atom. The summed E-state index contributed by atoms with van der Waals surface area (Å²) in [5.41, 5.74) is 2.00. The molecule has 0 aliphatic heterocycles. The standard InChI is InChI=1S/C18H18O5/c1-2-22-17(20)10-14(19)18(21)11-7-8-16-13(9-11)12-5-3-4-6-15(12)23-16/h3-9,14,18-19,21H,2,10H2,1H3. The van der Waals surface area contributed by atoms with Crippen molar-refractivity contribution in [1.82, 2.24) is 0 Å². The SMILES string of the molecule is CCOC(=O)CC(O)C(O)c1ccc2oc3ccccc3c2c1. The lowest BCUT2D eigenvalue weighted by atomic mass is 10.00. The number of hydrogen-bond acceptors (Lipinski definition) is 5. The van der Waals surface area contributed by atoms with Gasteiger partial charge in [-0.15, -0.1) is 0 Å². The van der Waals surface area contributed by atoms with E-state index >= 15 is 0 Å². The van der Waals surface area contributed by atoms with Gasteiger partial charge < -0.3 is 19.4 Å². The number of hydrogen-bond donors (Lipinski definition) is 2. The third-order valence-electron chi connectivity index (χ3n) is 3.79. The van der Waals surface area contributed by atoms with Crippen LogP contribution in [0.5, 0.6) is 0 Å². The number of carbonyl (C=O) groups is 1. The van der Waals surface area contributed by atoms with Gasteiger partial charge in [0.2, 0.25) is 0 Å². The summed E-state index contributed by atoms with van der Waals surface area (Å²) in [7, 11) is 0. The third kappa shape index (κ3) is 3.06. The minimum atomic E-state index is -1.22. The van der Waals surface area contributed by atoms with Crippen molar-refractivity contribution < 1.29 is 24.2 Å². The average molecular weight is 314 g/mol. The van der Waals surface area contributed by atoms with E-state index in [1.54, 1.807) is 25.1 Å². The first-order valence-electron chi connectivity index (χ1n) is 7.53. The van der Waals surface area contributed by atoms with E-state index < -0.39 is 18.2 Å². The quantitative estimate of drug-likeness (QED) is 0.708. The Balaban J connectivity index is 1.90. The molecule has 0 spiro atoms. The molecule has 0 aliphatic carbocycles. The van der Waals surface area contributed by atoms with Gasteiger partial charge in [0.15, 0.2) is 0 Å². The molecule has 120 valence electrons. The van der Waals surface area contributed by atoms with Crippen LogP contribution >= 0.6 is 0 Å². The maximum Gasteiger partial charge on any atom is 0.308 e. The van der Waals surface area contributed by atoms with Crippen molar-refractivity contribution in [2.24, 2.45) is 0 Å². The van der Waals surface area contributed by atoms with Crippen molar-refractivity contribution in [3.05, 3.63) is 48.0 Å². The zero-order valence-corrected chi connectivity index (χ0v) is 12.7. The molecular formula is C18H18O5. The van der Waals surface area contributed by atoms with E-state index in [0.29, 0.717) is 11.1 Å². The van der Waals surface area contributed by atoms with Crippen LogP contribution < -0.4 is 0 Å². The van der Waals surface area contributed by atoms with Crippen LogP contribution in [0.4, 0.5) is 0 Å². The fourth-order valence-electron chi connectivity index (χ4n) is 2.65. The topological polar surface area (TPSA) is 79.9 Å². The summed E-state index contributed by atoms with van der Waals surface area (Å²) in [5.74, 6) is -0.533. The molecule has 2 aromatic carbocycles. The number of furan rings is 1.